The number of carbonyl (C=O) groups is 2. The normalized spacial score (nSPS) is 10.9. The first kappa shape index (κ1) is 11.0. The summed E-state index contributed by atoms with van der Waals surface area (Å²) in [5.74, 6) is -0.618. The Hall–Kier alpha value is -2.04. The molecule has 1 aromatic heterocycles. The molecule has 0 bridgehead atoms. The molecule has 0 aromatic carbocycles. The molecule has 1 aromatic rings. The smallest absolute Gasteiger partial charge is 0.289 e. The second-order valence-electron chi connectivity index (χ2n) is 2.91. The third-order valence-corrected chi connectivity index (χ3v) is 1.73. The minimum Gasteiger partial charge on any atom is -0.293 e. The van der Waals surface area contributed by atoms with E-state index >= 15 is 0 Å². The summed E-state index contributed by atoms with van der Waals surface area (Å²) in [5.41, 5.74) is 2.76. The van der Waals surface area contributed by atoms with Crippen LogP contribution in [-0.2, 0) is 4.79 Å². The number of hydrazone groups is 1. The molecule has 0 fully saturated rings. The lowest BCUT2D eigenvalue weighted by Crippen LogP contribution is -2.21. The van der Waals surface area contributed by atoms with E-state index in [2.05, 4.69) is 15.5 Å². The van der Waals surface area contributed by atoms with Crippen LogP contribution in [0.2, 0.25) is 0 Å². The highest BCUT2D eigenvalue weighted by Gasteiger charge is 2.05. The van der Waals surface area contributed by atoms with Crippen LogP contribution in [0.15, 0.2) is 29.5 Å². The van der Waals surface area contributed by atoms with E-state index in [-0.39, 0.29) is 17.2 Å². The summed E-state index contributed by atoms with van der Waals surface area (Å²) in [6.45, 7) is 2.91. The van der Waals surface area contributed by atoms with Crippen molar-refractivity contribution in [1.29, 1.82) is 0 Å². The summed E-state index contributed by atoms with van der Waals surface area (Å²) >= 11 is 0. The topological polar surface area (TPSA) is 71.4 Å². The molecule has 1 N–H and O–H groups in total. The van der Waals surface area contributed by atoms with Crippen molar-refractivity contribution >= 4 is 17.4 Å². The van der Waals surface area contributed by atoms with E-state index < -0.39 is 5.91 Å². The molecule has 1 heterocycles. The Kier molecular flexibility index (Phi) is 3.68. The summed E-state index contributed by atoms with van der Waals surface area (Å²) in [7, 11) is 0. The molecule has 78 valence electrons. The number of carbonyl (C=O) groups excluding carboxylic acids is 2. The molecule has 0 aliphatic heterocycles. The minimum atomic E-state index is -0.434. The summed E-state index contributed by atoms with van der Waals surface area (Å²) in [5, 5.41) is 3.63. The zero-order chi connectivity index (χ0) is 11.3. The summed E-state index contributed by atoms with van der Waals surface area (Å²) in [6, 6.07) is 4.97. The van der Waals surface area contributed by atoms with Crippen LogP contribution in [-0.4, -0.2) is 22.4 Å². The van der Waals surface area contributed by atoms with E-state index in [0.29, 0.717) is 0 Å². The molecule has 0 spiro atoms. The first-order valence-corrected chi connectivity index (χ1v) is 4.38. The largest absolute Gasteiger partial charge is 0.293 e. The number of Topliss-reactive ketones (excluding diaryl/α,β-unsaturated/α-hetero) is 1. The van der Waals surface area contributed by atoms with Crippen molar-refractivity contribution in [3.63, 3.8) is 0 Å². The van der Waals surface area contributed by atoms with E-state index in [1.807, 2.05) is 0 Å². The van der Waals surface area contributed by atoms with E-state index in [9.17, 15) is 9.59 Å². The molecule has 0 saturated heterocycles. The van der Waals surface area contributed by atoms with Gasteiger partial charge < -0.3 is 0 Å². The number of rotatable bonds is 3. The molecule has 5 heteroatoms. The Balaban J connectivity index is 2.66. The summed E-state index contributed by atoms with van der Waals surface area (Å²) < 4.78 is 0. The quantitative estimate of drug-likeness (QED) is 0.585. The molecule has 0 saturated carbocycles. The molecular weight excluding hydrogens is 194 g/mol. The van der Waals surface area contributed by atoms with Crippen LogP contribution in [0.5, 0.6) is 0 Å². The molecule has 0 aliphatic carbocycles. The first-order valence-electron chi connectivity index (χ1n) is 4.38. The number of nitrogens with one attached hydrogen (secondary N) is 1. The lowest BCUT2D eigenvalue weighted by molar-refractivity contribution is -0.111. The van der Waals surface area contributed by atoms with Crippen molar-refractivity contribution in [2.75, 3.05) is 0 Å². The van der Waals surface area contributed by atoms with Gasteiger partial charge in [0.05, 0.1) is 0 Å². The maximum atomic E-state index is 11.4. The zero-order valence-corrected chi connectivity index (χ0v) is 8.52. The van der Waals surface area contributed by atoms with Crippen molar-refractivity contribution in [3.8, 4) is 0 Å². The second kappa shape index (κ2) is 4.99. The molecule has 0 atom stereocenters. The fourth-order valence-corrected chi connectivity index (χ4v) is 0.768. The van der Waals surface area contributed by atoms with Crippen LogP contribution < -0.4 is 5.43 Å². The van der Waals surface area contributed by atoms with Crippen LogP contribution in [0, 0.1) is 0 Å². The minimum absolute atomic E-state index is 0.184. The van der Waals surface area contributed by atoms with Crippen molar-refractivity contribution < 1.29 is 9.59 Å². The van der Waals surface area contributed by atoms with Gasteiger partial charge in [0.25, 0.3) is 5.91 Å². The monoisotopic (exact) mass is 205 g/mol. The lowest BCUT2D eigenvalue weighted by atomic mass is 10.3. The molecule has 1 rings (SSSR count). The molecular formula is C10H11N3O2. The van der Waals surface area contributed by atoms with Crippen molar-refractivity contribution in [3.05, 3.63) is 30.1 Å². The van der Waals surface area contributed by atoms with Crippen molar-refractivity contribution in [2.24, 2.45) is 5.10 Å². The van der Waals surface area contributed by atoms with Gasteiger partial charge in [-0.15, -0.1) is 0 Å². The third-order valence-electron chi connectivity index (χ3n) is 1.73. The van der Waals surface area contributed by atoms with E-state index in [4.69, 9.17) is 0 Å². The third kappa shape index (κ3) is 3.30. The van der Waals surface area contributed by atoms with E-state index in [1.54, 1.807) is 18.2 Å². The SMILES string of the molecule is CC(=O)C(C)=NNC(=O)c1ccccn1. The highest BCUT2D eigenvalue weighted by molar-refractivity contribution is 6.38. The van der Waals surface area contributed by atoms with E-state index in [0.717, 1.165) is 0 Å². The van der Waals surface area contributed by atoms with Gasteiger partial charge in [0.1, 0.15) is 11.4 Å². The van der Waals surface area contributed by atoms with Gasteiger partial charge >= 0.3 is 0 Å². The second-order valence-corrected chi connectivity index (χ2v) is 2.91. The van der Waals surface area contributed by atoms with Gasteiger partial charge in [0.15, 0.2) is 5.78 Å². The highest BCUT2D eigenvalue weighted by Crippen LogP contribution is 1.92. The Morgan fingerprint density at radius 1 is 1.33 bits per heavy atom. The van der Waals surface area contributed by atoms with Crippen LogP contribution in [0.1, 0.15) is 24.3 Å². The van der Waals surface area contributed by atoms with Crippen molar-refractivity contribution in [1.82, 2.24) is 10.4 Å². The van der Waals surface area contributed by atoms with Gasteiger partial charge in [-0.2, -0.15) is 5.10 Å². The Morgan fingerprint density at radius 2 is 2.07 bits per heavy atom. The maximum absolute atomic E-state index is 11.4. The average molecular weight is 205 g/mol. The molecule has 1 amide bonds. The Morgan fingerprint density at radius 3 is 2.60 bits per heavy atom. The average Bonchev–Trinajstić information content (AvgIpc) is 2.26. The zero-order valence-electron chi connectivity index (χ0n) is 8.52. The van der Waals surface area contributed by atoms with Gasteiger partial charge in [0, 0.05) is 13.1 Å². The number of hydrogen-bond donors (Lipinski definition) is 1. The van der Waals surface area contributed by atoms with Gasteiger partial charge in [0.2, 0.25) is 0 Å². The van der Waals surface area contributed by atoms with Crippen LogP contribution in [0.3, 0.4) is 0 Å². The van der Waals surface area contributed by atoms with Gasteiger partial charge in [-0.1, -0.05) is 6.07 Å². The molecule has 0 radical (unpaired) electrons. The van der Waals surface area contributed by atoms with Crippen LogP contribution in [0.4, 0.5) is 0 Å². The predicted molar refractivity (Wildman–Crippen MR) is 55.5 cm³/mol. The number of aromatic nitrogens is 1. The van der Waals surface area contributed by atoms with Crippen LogP contribution >= 0.6 is 0 Å². The van der Waals surface area contributed by atoms with Crippen molar-refractivity contribution in [2.45, 2.75) is 13.8 Å². The predicted octanol–water partition coefficient (Wildman–Crippen LogP) is 0.776. The number of hydrogen-bond acceptors (Lipinski definition) is 4. The van der Waals surface area contributed by atoms with Gasteiger partial charge in [-0.05, 0) is 19.1 Å². The first-order chi connectivity index (χ1) is 7.11. The number of ketones is 1. The molecule has 5 nitrogen and oxygen atoms in total. The Labute approximate surface area is 87.2 Å². The number of nitrogens with zero attached hydrogens (tertiary/aromatic N) is 2. The highest BCUT2D eigenvalue weighted by atomic mass is 16.2. The Bertz CT molecular complexity index is 398. The molecule has 15 heavy (non-hydrogen) atoms. The fraction of sp³-hybridized carbons (Fsp3) is 0.200. The number of amides is 1. The molecule has 0 aliphatic rings. The molecule has 0 unspecified atom stereocenters. The van der Waals surface area contributed by atoms with Crippen LogP contribution in [0.25, 0.3) is 0 Å². The van der Waals surface area contributed by atoms with E-state index in [1.165, 1.54) is 20.0 Å². The summed E-state index contributed by atoms with van der Waals surface area (Å²) in [4.78, 5) is 26.0. The number of pyridine rings is 1. The lowest BCUT2D eigenvalue weighted by Gasteiger charge is -1.99. The summed E-state index contributed by atoms with van der Waals surface area (Å²) in [6.07, 6.45) is 1.51. The fourth-order valence-electron chi connectivity index (χ4n) is 0.768. The van der Waals surface area contributed by atoms with Gasteiger partial charge in [-0.25, -0.2) is 5.43 Å². The van der Waals surface area contributed by atoms with Gasteiger partial charge in [-0.3, -0.25) is 14.6 Å². The maximum Gasteiger partial charge on any atom is 0.289 e. The standard InChI is InChI=1S/C10H11N3O2/c1-7(8(2)14)12-13-10(15)9-5-3-4-6-11-9/h3-6H,1-2H3,(H,13,15).